The number of thioether (sulfide) groups is 1. The van der Waals surface area contributed by atoms with Crippen LogP contribution in [-0.4, -0.2) is 43.5 Å². The van der Waals surface area contributed by atoms with Gasteiger partial charge >= 0.3 is 5.97 Å². The van der Waals surface area contributed by atoms with Crippen LogP contribution in [0, 0.1) is 24.7 Å². The summed E-state index contributed by atoms with van der Waals surface area (Å²) in [5.41, 5.74) is 4.74. The number of hydrogen-bond donors (Lipinski definition) is 2. The lowest BCUT2D eigenvalue weighted by Crippen LogP contribution is -2.36. The minimum atomic E-state index is -0.397. The summed E-state index contributed by atoms with van der Waals surface area (Å²) in [7, 11) is 0. The normalized spacial score (nSPS) is 18.3. The van der Waals surface area contributed by atoms with Crippen LogP contribution in [0.15, 0.2) is 84.1 Å². The lowest BCUT2D eigenvalue weighted by Gasteiger charge is -2.36. The van der Waals surface area contributed by atoms with Crippen LogP contribution in [0.4, 0.5) is 5.69 Å². The molecule has 1 aliphatic rings. The number of aromatic nitrogens is 4. The van der Waals surface area contributed by atoms with Gasteiger partial charge in [-0.25, -0.2) is 4.79 Å². The molecule has 3 atom stereocenters. The third-order valence-electron chi connectivity index (χ3n) is 8.79. The van der Waals surface area contributed by atoms with Crippen molar-refractivity contribution in [3.63, 3.8) is 0 Å². The summed E-state index contributed by atoms with van der Waals surface area (Å²) < 4.78 is 8.10. The highest BCUT2D eigenvalue weighted by atomic mass is 32.2. The summed E-state index contributed by atoms with van der Waals surface area (Å²) in [5.74, 6) is 1.41. The number of benzene rings is 3. The van der Waals surface area contributed by atoms with Gasteiger partial charge in [0.25, 0.3) is 0 Å². The number of amides is 1. The lowest BCUT2D eigenvalue weighted by atomic mass is 9.75. The first kappa shape index (κ1) is 30.6. The quantitative estimate of drug-likeness (QED) is 0.127. The maximum atomic E-state index is 13.4. The number of ether oxygens (including phenoxy) is 1. The number of aromatic amines is 1. The van der Waals surface area contributed by atoms with Gasteiger partial charge in [-0.2, -0.15) is 0 Å². The van der Waals surface area contributed by atoms with Gasteiger partial charge in [0.1, 0.15) is 6.10 Å². The number of para-hydroxylation sites is 3. The Morgan fingerprint density at radius 3 is 2.60 bits per heavy atom. The van der Waals surface area contributed by atoms with Gasteiger partial charge in [-0.3, -0.25) is 9.36 Å². The van der Waals surface area contributed by atoms with E-state index in [4.69, 9.17) is 4.74 Å². The summed E-state index contributed by atoms with van der Waals surface area (Å²) >= 11 is 1.30. The van der Waals surface area contributed by atoms with E-state index in [0.717, 1.165) is 47.0 Å². The lowest BCUT2D eigenvalue weighted by molar-refractivity contribution is -0.113. The number of anilines is 1. The maximum absolute atomic E-state index is 13.4. The van der Waals surface area contributed by atoms with Gasteiger partial charge in [-0.05, 0) is 67.3 Å². The molecule has 45 heavy (non-hydrogen) atoms. The molecular formula is C36H39N5O3S. The zero-order valence-electron chi connectivity index (χ0n) is 26.1. The SMILES string of the molecule is Cc1ccccc1-n1c(SCC(=O)Nc2ccccc2C(=O)O[C@H]2C[C@@H](C)CC[C@@H]2C(C)C)nnc1-c1c[nH]c2ccccc12. The van der Waals surface area contributed by atoms with Crippen LogP contribution < -0.4 is 5.32 Å². The smallest absolute Gasteiger partial charge is 0.340 e. The Labute approximate surface area is 268 Å². The molecule has 2 N–H and O–H groups in total. The van der Waals surface area contributed by atoms with Crippen LogP contribution in [-0.2, 0) is 9.53 Å². The number of aryl methyl sites for hydroxylation is 1. The molecule has 9 heteroatoms. The predicted molar refractivity (Wildman–Crippen MR) is 180 cm³/mol. The fourth-order valence-electron chi connectivity index (χ4n) is 6.36. The molecule has 232 valence electrons. The van der Waals surface area contributed by atoms with Crippen molar-refractivity contribution in [2.24, 2.45) is 17.8 Å². The number of nitrogens with one attached hydrogen (secondary N) is 2. The first-order valence-electron chi connectivity index (χ1n) is 15.6. The molecule has 1 aliphatic carbocycles. The van der Waals surface area contributed by atoms with Crippen molar-refractivity contribution in [2.45, 2.75) is 58.2 Å². The zero-order valence-corrected chi connectivity index (χ0v) is 26.9. The van der Waals surface area contributed by atoms with E-state index in [1.807, 2.05) is 60.2 Å². The maximum Gasteiger partial charge on any atom is 0.340 e. The van der Waals surface area contributed by atoms with E-state index < -0.39 is 5.97 Å². The van der Waals surface area contributed by atoms with E-state index in [-0.39, 0.29) is 17.8 Å². The fraction of sp³-hybridized carbons (Fsp3) is 0.333. The van der Waals surface area contributed by atoms with Gasteiger partial charge < -0.3 is 15.0 Å². The summed E-state index contributed by atoms with van der Waals surface area (Å²) in [6.45, 7) is 8.64. The van der Waals surface area contributed by atoms with Crippen molar-refractivity contribution >= 4 is 40.2 Å². The summed E-state index contributed by atoms with van der Waals surface area (Å²) in [4.78, 5) is 30.0. The van der Waals surface area contributed by atoms with E-state index in [1.54, 1.807) is 24.3 Å². The highest BCUT2D eigenvalue weighted by molar-refractivity contribution is 7.99. The number of esters is 1. The predicted octanol–water partition coefficient (Wildman–Crippen LogP) is 8.07. The van der Waals surface area contributed by atoms with Gasteiger partial charge in [0, 0.05) is 22.7 Å². The Balaban J connectivity index is 1.21. The standard InChI is InChI=1S/C36H39N5O3S/c1-22(2)25-18-17-23(3)19-32(25)44-35(43)27-13-7-9-15-30(27)38-33(42)21-45-36-40-39-34(41(36)31-16-10-5-11-24(31)4)28-20-37-29-14-8-6-12-26(28)29/h5-16,20,22-23,25,32,37H,17-19,21H2,1-4H3,(H,38,42)/t23-,25+,32-/m0/s1. The van der Waals surface area contributed by atoms with E-state index >= 15 is 0 Å². The third kappa shape index (κ3) is 6.54. The highest BCUT2D eigenvalue weighted by Gasteiger charge is 2.34. The molecule has 1 amide bonds. The highest BCUT2D eigenvalue weighted by Crippen LogP contribution is 2.37. The molecule has 2 heterocycles. The number of nitrogens with zero attached hydrogens (tertiary/aromatic N) is 3. The van der Waals surface area contributed by atoms with Crippen LogP contribution in [0.25, 0.3) is 28.0 Å². The largest absolute Gasteiger partial charge is 0.458 e. The Morgan fingerprint density at radius 2 is 1.78 bits per heavy atom. The first-order chi connectivity index (χ1) is 21.8. The molecule has 0 radical (unpaired) electrons. The molecule has 0 unspecified atom stereocenters. The Bertz CT molecular complexity index is 1830. The average molecular weight is 622 g/mol. The summed E-state index contributed by atoms with van der Waals surface area (Å²) in [6.07, 6.45) is 4.89. The second kappa shape index (κ2) is 13.3. The molecule has 3 aromatic carbocycles. The number of hydrogen-bond acceptors (Lipinski definition) is 6. The number of H-pyrrole nitrogens is 1. The zero-order chi connectivity index (χ0) is 31.5. The molecule has 1 fully saturated rings. The van der Waals surface area contributed by atoms with Gasteiger partial charge in [-0.1, -0.05) is 87.5 Å². The van der Waals surface area contributed by atoms with Crippen LogP contribution in [0.1, 0.15) is 56.0 Å². The number of fused-ring (bicyclic) bond motifs is 1. The third-order valence-corrected chi connectivity index (χ3v) is 9.72. The molecule has 0 bridgehead atoms. The molecule has 0 spiro atoms. The molecule has 5 aromatic rings. The van der Waals surface area contributed by atoms with Crippen molar-refractivity contribution in [1.82, 2.24) is 19.7 Å². The summed E-state index contributed by atoms with van der Waals surface area (Å²) in [6, 6.07) is 23.2. The van der Waals surface area contributed by atoms with Gasteiger partial charge in [0.05, 0.1) is 22.7 Å². The Kier molecular flexibility index (Phi) is 9.07. The number of rotatable bonds is 9. The molecule has 0 aliphatic heterocycles. The van der Waals surface area contributed by atoms with E-state index in [2.05, 4.69) is 47.3 Å². The molecule has 6 rings (SSSR count). The van der Waals surface area contributed by atoms with Crippen molar-refractivity contribution in [3.05, 3.63) is 90.1 Å². The van der Waals surface area contributed by atoms with Gasteiger partial charge in [-0.15, -0.1) is 10.2 Å². The van der Waals surface area contributed by atoms with Gasteiger partial charge in [0.15, 0.2) is 11.0 Å². The van der Waals surface area contributed by atoms with Crippen molar-refractivity contribution in [1.29, 1.82) is 0 Å². The van der Waals surface area contributed by atoms with Gasteiger partial charge in [0.2, 0.25) is 5.91 Å². The molecule has 0 saturated heterocycles. The first-order valence-corrected chi connectivity index (χ1v) is 16.6. The molecular weight excluding hydrogens is 582 g/mol. The molecule has 8 nitrogen and oxygen atoms in total. The van der Waals surface area contributed by atoms with Crippen LogP contribution in [0.3, 0.4) is 0 Å². The Morgan fingerprint density at radius 1 is 1.02 bits per heavy atom. The van der Waals surface area contributed by atoms with Crippen LogP contribution in [0.5, 0.6) is 0 Å². The van der Waals surface area contributed by atoms with Crippen molar-refractivity contribution in [3.8, 4) is 17.1 Å². The average Bonchev–Trinajstić information content (AvgIpc) is 3.64. The number of carbonyl (C=O) groups is 2. The topological polar surface area (TPSA) is 102 Å². The molecule has 1 saturated carbocycles. The minimum Gasteiger partial charge on any atom is -0.458 e. The molecule has 2 aromatic heterocycles. The number of carbonyl (C=O) groups excluding carboxylic acids is 2. The van der Waals surface area contributed by atoms with Crippen molar-refractivity contribution < 1.29 is 14.3 Å². The van der Waals surface area contributed by atoms with E-state index in [9.17, 15) is 9.59 Å². The fourth-order valence-corrected chi connectivity index (χ4v) is 7.11. The summed E-state index contributed by atoms with van der Waals surface area (Å²) in [5, 5.41) is 13.7. The van der Waals surface area contributed by atoms with E-state index in [0.29, 0.717) is 40.0 Å². The second-order valence-corrected chi connectivity index (χ2v) is 13.3. The van der Waals surface area contributed by atoms with Crippen LogP contribution >= 0.6 is 11.8 Å². The Hall–Kier alpha value is -4.37. The second-order valence-electron chi connectivity index (χ2n) is 12.3. The monoisotopic (exact) mass is 621 g/mol. The minimum absolute atomic E-state index is 0.0802. The van der Waals surface area contributed by atoms with Crippen LogP contribution in [0.2, 0.25) is 0 Å². The van der Waals surface area contributed by atoms with E-state index in [1.165, 1.54) is 11.8 Å². The van der Waals surface area contributed by atoms with Crippen molar-refractivity contribution in [2.75, 3.05) is 11.1 Å².